The Balaban J connectivity index is 1.76. The van der Waals surface area contributed by atoms with E-state index in [1.54, 1.807) is 9.58 Å². The average molecular weight is 524 g/mol. The highest BCUT2D eigenvalue weighted by molar-refractivity contribution is 9.10. The molecule has 1 aliphatic heterocycles. The standard InChI is InChI=1S/C24H19BrN4O3S/c1-3-20(30)28-17-10-5-4-9-16(17)21-22(31)26-24(33-2)27-29(21)23(28)19-12-11-18(32-19)14-7-6-8-15(25)13-14/h4-13,23H,3H2,1-2H3/p+1/t23-/m0/s1. The number of nitrogens with zero attached hydrogens (tertiary/aromatic N) is 3. The predicted molar refractivity (Wildman–Crippen MR) is 130 cm³/mol. The first-order valence-corrected chi connectivity index (χ1v) is 12.4. The van der Waals surface area contributed by atoms with Gasteiger partial charge < -0.3 is 4.42 Å². The van der Waals surface area contributed by atoms with Gasteiger partial charge in [0.2, 0.25) is 11.1 Å². The molecular weight excluding hydrogens is 504 g/mol. The van der Waals surface area contributed by atoms with Crippen molar-refractivity contribution in [3.05, 3.63) is 81.3 Å². The van der Waals surface area contributed by atoms with E-state index in [-0.39, 0.29) is 11.5 Å². The van der Waals surface area contributed by atoms with Crippen LogP contribution in [0.2, 0.25) is 0 Å². The highest BCUT2D eigenvalue weighted by atomic mass is 79.9. The molecule has 0 bridgehead atoms. The second-order valence-corrected chi connectivity index (χ2v) is 9.19. The van der Waals surface area contributed by atoms with Gasteiger partial charge in [-0.1, -0.05) is 58.9 Å². The summed E-state index contributed by atoms with van der Waals surface area (Å²) >= 11 is 4.82. The van der Waals surface area contributed by atoms with Crippen LogP contribution in [-0.4, -0.2) is 22.2 Å². The molecule has 166 valence electrons. The lowest BCUT2D eigenvalue weighted by molar-refractivity contribution is -0.764. The molecule has 2 aromatic heterocycles. The maximum atomic E-state index is 13.2. The summed E-state index contributed by atoms with van der Waals surface area (Å²) in [4.78, 5) is 30.9. The van der Waals surface area contributed by atoms with Gasteiger partial charge in [-0.05, 0) is 47.3 Å². The zero-order valence-electron chi connectivity index (χ0n) is 17.9. The van der Waals surface area contributed by atoms with E-state index in [9.17, 15) is 9.59 Å². The molecule has 9 heteroatoms. The predicted octanol–water partition coefficient (Wildman–Crippen LogP) is 4.77. The first-order valence-electron chi connectivity index (χ1n) is 10.4. The minimum absolute atomic E-state index is 0.0983. The number of thioether (sulfide) groups is 1. The number of benzene rings is 2. The third kappa shape index (κ3) is 3.71. The number of fused-ring (bicyclic) bond motifs is 3. The summed E-state index contributed by atoms with van der Waals surface area (Å²) in [6.07, 6.45) is 1.39. The molecule has 0 saturated heterocycles. The Morgan fingerprint density at radius 1 is 1.21 bits per heavy atom. The van der Waals surface area contributed by atoms with Crippen molar-refractivity contribution in [1.82, 2.24) is 10.1 Å². The number of carbonyl (C=O) groups is 1. The Morgan fingerprint density at radius 2 is 2.03 bits per heavy atom. The van der Waals surface area contributed by atoms with Crippen molar-refractivity contribution in [3.63, 3.8) is 0 Å². The largest absolute Gasteiger partial charge is 0.452 e. The van der Waals surface area contributed by atoms with Crippen LogP contribution < -0.4 is 15.1 Å². The summed E-state index contributed by atoms with van der Waals surface area (Å²) in [6, 6.07) is 18.9. The van der Waals surface area contributed by atoms with Crippen LogP contribution in [0.5, 0.6) is 0 Å². The number of carbonyl (C=O) groups excluding carboxylic acids is 1. The van der Waals surface area contributed by atoms with E-state index >= 15 is 0 Å². The van der Waals surface area contributed by atoms with Crippen molar-refractivity contribution in [2.75, 3.05) is 11.2 Å². The summed E-state index contributed by atoms with van der Waals surface area (Å²) in [7, 11) is 0. The highest BCUT2D eigenvalue weighted by Gasteiger charge is 2.47. The molecule has 1 aliphatic rings. The van der Waals surface area contributed by atoms with Crippen LogP contribution in [-0.2, 0) is 4.79 Å². The molecule has 3 heterocycles. The molecule has 0 radical (unpaired) electrons. The molecule has 0 saturated carbocycles. The van der Waals surface area contributed by atoms with E-state index < -0.39 is 6.17 Å². The fraction of sp³-hybridized carbons (Fsp3) is 0.167. The van der Waals surface area contributed by atoms with Crippen LogP contribution in [0.4, 0.5) is 5.69 Å². The zero-order chi connectivity index (χ0) is 23.1. The Bertz CT molecular complexity index is 1430. The van der Waals surface area contributed by atoms with E-state index in [1.807, 2.05) is 73.8 Å². The minimum Gasteiger partial charge on any atom is -0.452 e. The number of anilines is 1. The van der Waals surface area contributed by atoms with Crippen molar-refractivity contribution in [2.24, 2.45) is 0 Å². The van der Waals surface area contributed by atoms with Gasteiger partial charge in [0, 0.05) is 21.6 Å². The van der Waals surface area contributed by atoms with Crippen LogP contribution in [0.25, 0.3) is 22.6 Å². The van der Waals surface area contributed by atoms with Gasteiger partial charge in [-0.25, -0.2) is 4.90 Å². The van der Waals surface area contributed by atoms with Crippen LogP contribution in [0.3, 0.4) is 0 Å². The van der Waals surface area contributed by atoms with Crippen LogP contribution in [0.1, 0.15) is 25.3 Å². The van der Waals surface area contributed by atoms with E-state index in [0.29, 0.717) is 40.0 Å². The molecule has 1 atom stereocenters. The number of rotatable bonds is 4. The van der Waals surface area contributed by atoms with Gasteiger partial charge in [-0.3, -0.25) is 14.6 Å². The third-order valence-corrected chi connectivity index (χ3v) is 6.58. The van der Waals surface area contributed by atoms with E-state index in [0.717, 1.165) is 10.0 Å². The molecule has 0 aliphatic carbocycles. The zero-order valence-corrected chi connectivity index (χ0v) is 20.3. The smallest absolute Gasteiger partial charge is 0.325 e. The van der Waals surface area contributed by atoms with E-state index in [1.165, 1.54) is 11.8 Å². The summed E-state index contributed by atoms with van der Waals surface area (Å²) in [5.41, 5.74) is 2.31. The number of amides is 1. The van der Waals surface area contributed by atoms with Crippen LogP contribution in [0, 0.1) is 0 Å². The molecule has 0 unspecified atom stereocenters. The van der Waals surface area contributed by atoms with Gasteiger partial charge >= 0.3 is 17.4 Å². The van der Waals surface area contributed by atoms with E-state index in [4.69, 9.17) is 4.42 Å². The second kappa shape index (κ2) is 8.64. The first-order chi connectivity index (χ1) is 16.0. The minimum atomic E-state index is -0.739. The fourth-order valence-electron chi connectivity index (χ4n) is 4.05. The molecule has 1 amide bonds. The topological polar surface area (TPSA) is 83.1 Å². The molecule has 1 N–H and O–H groups in total. The van der Waals surface area contributed by atoms with Crippen molar-refractivity contribution >= 4 is 39.3 Å². The van der Waals surface area contributed by atoms with Crippen molar-refractivity contribution in [1.29, 1.82) is 0 Å². The Hall–Kier alpha value is -3.17. The monoisotopic (exact) mass is 523 g/mol. The van der Waals surface area contributed by atoms with E-state index in [2.05, 4.69) is 26.0 Å². The number of hydrogen-bond acceptors (Lipinski definition) is 5. The highest BCUT2D eigenvalue weighted by Crippen LogP contribution is 2.39. The molecule has 4 aromatic rings. The summed E-state index contributed by atoms with van der Waals surface area (Å²) < 4.78 is 8.82. The second-order valence-electron chi connectivity index (χ2n) is 7.48. The Morgan fingerprint density at radius 3 is 2.79 bits per heavy atom. The molecule has 0 fully saturated rings. The number of nitrogens with one attached hydrogen (secondary N) is 1. The molecule has 2 aromatic carbocycles. The van der Waals surface area contributed by atoms with Gasteiger partial charge in [0.15, 0.2) is 5.76 Å². The summed E-state index contributed by atoms with van der Waals surface area (Å²) in [5, 5.41) is 5.13. The number of aromatic nitrogens is 3. The fourth-order valence-corrected chi connectivity index (χ4v) is 4.81. The number of halogens is 1. The lowest BCUT2D eigenvalue weighted by Gasteiger charge is -2.30. The number of furan rings is 1. The maximum absolute atomic E-state index is 13.2. The van der Waals surface area contributed by atoms with Gasteiger partial charge in [-0.15, -0.1) is 0 Å². The molecule has 7 nitrogen and oxygen atoms in total. The lowest BCUT2D eigenvalue weighted by atomic mass is 10.0. The molecule has 33 heavy (non-hydrogen) atoms. The molecule has 5 rings (SSSR count). The Kier molecular flexibility index (Phi) is 5.67. The van der Waals surface area contributed by atoms with Crippen molar-refractivity contribution in [2.45, 2.75) is 24.7 Å². The van der Waals surface area contributed by atoms with Crippen LogP contribution in [0.15, 0.2) is 79.5 Å². The number of hydrogen-bond donors (Lipinski definition) is 1. The quantitative estimate of drug-likeness (QED) is 0.307. The van der Waals surface area contributed by atoms with Gasteiger partial charge in [0.1, 0.15) is 5.76 Å². The molecule has 0 spiro atoms. The van der Waals surface area contributed by atoms with Gasteiger partial charge in [0.25, 0.3) is 0 Å². The number of para-hydroxylation sites is 1. The maximum Gasteiger partial charge on any atom is 0.325 e. The summed E-state index contributed by atoms with van der Waals surface area (Å²) in [6.45, 7) is 1.82. The van der Waals surface area contributed by atoms with Crippen molar-refractivity contribution in [3.8, 4) is 22.6 Å². The van der Waals surface area contributed by atoms with Gasteiger partial charge in [0.05, 0.1) is 11.3 Å². The normalized spacial score (nSPS) is 14.6. The van der Waals surface area contributed by atoms with Crippen LogP contribution >= 0.6 is 27.7 Å². The lowest BCUT2D eigenvalue weighted by Crippen LogP contribution is -2.60. The first kappa shape index (κ1) is 21.7. The SMILES string of the molecule is CCC(=O)N1c2ccccc2-c2c(=O)[nH]c(SC)n[n+]2[C@H]1c1ccc(-c2cccc(Br)c2)o1. The Labute approximate surface area is 202 Å². The number of H-pyrrole nitrogens is 1. The molecular formula is C24H20BrN4O3S+. The third-order valence-electron chi connectivity index (χ3n) is 5.51. The average Bonchev–Trinajstić information content (AvgIpc) is 3.32. The summed E-state index contributed by atoms with van der Waals surface area (Å²) in [5.74, 6) is 1.07. The van der Waals surface area contributed by atoms with Crippen molar-refractivity contribution < 1.29 is 13.9 Å². The van der Waals surface area contributed by atoms with Gasteiger partial charge in [-0.2, -0.15) is 0 Å². The number of aromatic amines is 1.